The predicted molar refractivity (Wildman–Crippen MR) is 130 cm³/mol. The Morgan fingerprint density at radius 2 is 1.73 bits per heavy atom. The molecule has 5 nitrogen and oxygen atoms in total. The average Bonchev–Trinajstić information content (AvgIpc) is 3.15. The van der Waals surface area contributed by atoms with Gasteiger partial charge in [0.05, 0.1) is 19.8 Å². The zero-order valence-electron chi connectivity index (χ0n) is 20.6. The molecule has 1 aliphatic heterocycles. The Labute approximate surface area is 197 Å². The fourth-order valence-corrected chi connectivity index (χ4v) is 5.25. The van der Waals surface area contributed by atoms with Gasteiger partial charge in [-0.2, -0.15) is 0 Å². The maximum absolute atomic E-state index is 12.8. The van der Waals surface area contributed by atoms with E-state index in [2.05, 4.69) is 50.9 Å². The molecule has 2 aliphatic rings. The van der Waals surface area contributed by atoms with Gasteiger partial charge in [-0.15, -0.1) is 0 Å². The van der Waals surface area contributed by atoms with Gasteiger partial charge in [0, 0.05) is 17.9 Å². The number of likely N-dealkylation sites (tertiary alicyclic amines) is 1. The smallest absolute Gasteiger partial charge is 0.343 e. The number of carbonyl (C=O) groups excluding carboxylic acids is 1. The maximum Gasteiger partial charge on any atom is 0.343 e. The third-order valence-electron chi connectivity index (χ3n) is 7.34. The molecule has 0 radical (unpaired) electrons. The van der Waals surface area contributed by atoms with E-state index in [9.17, 15) is 4.79 Å². The molecule has 176 valence electrons. The number of esters is 1. The molecule has 1 heterocycles. The molecule has 33 heavy (non-hydrogen) atoms. The van der Waals surface area contributed by atoms with E-state index in [1.807, 2.05) is 30.3 Å². The quantitative estimate of drug-likeness (QED) is 0.566. The van der Waals surface area contributed by atoms with Crippen molar-refractivity contribution in [3.8, 4) is 11.5 Å². The maximum atomic E-state index is 12.8. The summed E-state index contributed by atoms with van der Waals surface area (Å²) in [5, 5.41) is 0. The lowest BCUT2D eigenvalue weighted by molar-refractivity contribution is 0.0579. The predicted octanol–water partition coefficient (Wildman–Crippen LogP) is 5.48. The highest BCUT2D eigenvalue weighted by Crippen LogP contribution is 2.49. The summed E-state index contributed by atoms with van der Waals surface area (Å²) >= 11 is 0. The molecular weight excluding hydrogens is 414 g/mol. The second-order valence-corrected chi connectivity index (χ2v) is 10.3. The number of carbonyl (C=O) groups is 1. The third-order valence-corrected chi connectivity index (χ3v) is 7.34. The van der Waals surface area contributed by atoms with Crippen molar-refractivity contribution in [2.75, 3.05) is 27.8 Å². The Bertz CT molecular complexity index is 1050. The first-order chi connectivity index (χ1) is 15.7. The zero-order valence-corrected chi connectivity index (χ0v) is 20.6. The summed E-state index contributed by atoms with van der Waals surface area (Å²) in [6.45, 7) is 7.49. The van der Waals surface area contributed by atoms with Crippen LogP contribution in [0.2, 0.25) is 0 Å². The number of methoxy groups -OCH3 is 2. The highest BCUT2D eigenvalue weighted by Gasteiger charge is 2.49. The number of hydrogen-bond donors (Lipinski definition) is 0. The summed E-state index contributed by atoms with van der Waals surface area (Å²) in [6.07, 6.45) is 4.68. The lowest BCUT2D eigenvalue weighted by atomic mass is 9.68. The number of nitrogens with zero attached hydrogens (tertiary/aromatic N) is 1. The molecule has 0 saturated carbocycles. The summed E-state index contributed by atoms with van der Waals surface area (Å²) in [7, 11) is 5.48. The van der Waals surface area contributed by atoms with Gasteiger partial charge in [0.2, 0.25) is 0 Å². The first-order valence-electron chi connectivity index (χ1n) is 11.6. The average molecular weight is 450 g/mol. The number of fused-ring (bicyclic) bond motifs is 1. The van der Waals surface area contributed by atoms with Gasteiger partial charge in [-0.05, 0) is 73.3 Å². The van der Waals surface area contributed by atoms with Crippen LogP contribution >= 0.6 is 0 Å². The second-order valence-electron chi connectivity index (χ2n) is 10.3. The molecule has 0 N–H and O–H groups in total. The molecule has 2 aromatic carbocycles. The molecule has 0 bridgehead atoms. The number of likely N-dealkylation sites (N-methyl/N-ethyl adjacent to an activating group) is 1. The molecular formula is C28H35NO4. The van der Waals surface area contributed by atoms with Crippen molar-refractivity contribution >= 4 is 5.97 Å². The van der Waals surface area contributed by atoms with Crippen LogP contribution in [0, 0.1) is 0 Å². The minimum atomic E-state index is -0.291. The van der Waals surface area contributed by atoms with Gasteiger partial charge in [0.1, 0.15) is 5.76 Å². The monoisotopic (exact) mass is 449 g/mol. The summed E-state index contributed by atoms with van der Waals surface area (Å²) < 4.78 is 16.9. The van der Waals surface area contributed by atoms with Crippen LogP contribution in [0.15, 0.2) is 54.3 Å². The standard InChI is InChI=1S/C28H35NO4/c1-27(2,3)20-9-7-19(8-10-20)26(30)33-22-13-14-28(15-16-29(4)25(28)18-22)21-11-12-23(31-5)24(17-21)32-6/h7-13,17,25H,14-16,18H2,1-6H3/t25-,28-/m0/s1. The van der Waals surface area contributed by atoms with Gasteiger partial charge in [0.15, 0.2) is 11.5 Å². The summed E-state index contributed by atoms with van der Waals surface area (Å²) in [5.41, 5.74) is 3.05. The largest absolute Gasteiger partial charge is 0.493 e. The third kappa shape index (κ3) is 4.39. The highest BCUT2D eigenvalue weighted by molar-refractivity contribution is 5.90. The van der Waals surface area contributed by atoms with Gasteiger partial charge in [-0.25, -0.2) is 4.79 Å². The summed E-state index contributed by atoms with van der Waals surface area (Å²) in [4.78, 5) is 15.2. The Kier molecular flexibility index (Phi) is 6.28. The van der Waals surface area contributed by atoms with Crippen molar-refractivity contribution in [2.45, 2.75) is 56.9 Å². The molecule has 1 fully saturated rings. The highest BCUT2D eigenvalue weighted by atomic mass is 16.5. The molecule has 2 aromatic rings. The second kappa shape index (κ2) is 8.86. The van der Waals surface area contributed by atoms with Crippen LogP contribution < -0.4 is 9.47 Å². The van der Waals surface area contributed by atoms with Crippen molar-refractivity contribution in [1.29, 1.82) is 0 Å². The van der Waals surface area contributed by atoms with Gasteiger partial charge in [-0.3, -0.25) is 0 Å². The Hall–Kier alpha value is -2.79. The minimum absolute atomic E-state index is 0.0292. The lowest BCUT2D eigenvalue weighted by Gasteiger charge is -2.40. The van der Waals surface area contributed by atoms with E-state index >= 15 is 0 Å². The van der Waals surface area contributed by atoms with E-state index in [-0.39, 0.29) is 22.8 Å². The molecule has 4 rings (SSSR count). The SMILES string of the molecule is COc1ccc([C@@]23CC=C(OC(=O)c4ccc(C(C)(C)C)cc4)C[C@@H]2N(C)CC3)cc1OC. The molecule has 0 spiro atoms. The van der Waals surface area contributed by atoms with Crippen LogP contribution in [0.3, 0.4) is 0 Å². The van der Waals surface area contributed by atoms with Crippen molar-refractivity contribution in [3.63, 3.8) is 0 Å². The van der Waals surface area contributed by atoms with Crippen LogP contribution in [0.4, 0.5) is 0 Å². The molecule has 1 aliphatic carbocycles. The fourth-order valence-electron chi connectivity index (χ4n) is 5.25. The van der Waals surface area contributed by atoms with Crippen LogP contribution in [-0.4, -0.2) is 44.7 Å². The normalized spacial score (nSPS) is 23.0. The van der Waals surface area contributed by atoms with E-state index < -0.39 is 0 Å². The van der Waals surface area contributed by atoms with E-state index in [0.717, 1.165) is 36.6 Å². The minimum Gasteiger partial charge on any atom is -0.493 e. The zero-order chi connectivity index (χ0) is 23.8. The van der Waals surface area contributed by atoms with Crippen molar-refractivity contribution in [1.82, 2.24) is 4.90 Å². The van der Waals surface area contributed by atoms with Crippen LogP contribution in [0.1, 0.15) is 61.5 Å². The van der Waals surface area contributed by atoms with Gasteiger partial charge < -0.3 is 19.1 Å². The van der Waals surface area contributed by atoms with Gasteiger partial charge >= 0.3 is 5.97 Å². The number of benzene rings is 2. The van der Waals surface area contributed by atoms with E-state index in [4.69, 9.17) is 14.2 Å². The lowest BCUT2D eigenvalue weighted by Crippen LogP contribution is -2.43. The Morgan fingerprint density at radius 1 is 1.03 bits per heavy atom. The number of ether oxygens (including phenoxy) is 3. The Morgan fingerprint density at radius 3 is 2.36 bits per heavy atom. The summed E-state index contributed by atoms with van der Waals surface area (Å²) in [5.74, 6) is 1.95. The first kappa shape index (κ1) is 23.4. The van der Waals surface area contributed by atoms with Crippen LogP contribution in [0.5, 0.6) is 11.5 Å². The van der Waals surface area contributed by atoms with Crippen LogP contribution in [-0.2, 0) is 15.6 Å². The molecule has 2 atom stereocenters. The number of allylic oxidation sites excluding steroid dienone is 1. The van der Waals surface area contributed by atoms with Crippen molar-refractivity contribution < 1.29 is 19.0 Å². The summed E-state index contributed by atoms with van der Waals surface area (Å²) in [6, 6.07) is 14.2. The number of hydrogen-bond acceptors (Lipinski definition) is 5. The van der Waals surface area contributed by atoms with Crippen molar-refractivity contribution in [3.05, 3.63) is 71.0 Å². The van der Waals surface area contributed by atoms with Crippen LogP contribution in [0.25, 0.3) is 0 Å². The van der Waals surface area contributed by atoms with Gasteiger partial charge in [-0.1, -0.05) is 39.0 Å². The molecule has 5 heteroatoms. The first-order valence-corrected chi connectivity index (χ1v) is 11.6. The topological polar surface area (TPSA) is 48.0 Å². The van der Waals surface area contributed by atoms with Crippen molar-refractivity contribution in [2.24, 2.45) is 0 Å². The molecule has 0 aromatic heterocycles. The molecule has 0 amide bonds. The number of rotatable bonds is 5. The van der Waals surface area contributed by atoms with E-state index in [0.29, 0.717) is 12.0 Å². The van der Waals surface area contributed by atoms with E-state index in [1.165, 1.54) is 11.1 Å². The van der Waals surface area contributed by atoms with E-state index in [1.54, 1.807) is 14.2 Å². The molecule has 1 saturated heterocycles. The van der Waals surface area contributed by atoms with Gasteiger partial charge in [0.25, 0.3) is 0 Å². The Balaban J connectivity index is 1.55. The fraction of sp³-hybridized carbons (Fsp3) is 0.464. The molecule has 0 unspecified atom stereocenters.